The summed E-state index contributed by atoms with van der Waals surface area (Å²) in [5, 5.41) is 13.4. The van der Waals surface area contributed by atoms with E-state index in [1.165, 1.54) is 6.20 Å². The lowest BCUT2D eigenvalue weighted by molar-refractivity contribution is 0.0695. The smallest absolute Gasteiger partial charge is 0.339 e. The van der Waals surface area contributed by atoms with Crippen LogP contribution >= 0.6 is 0 Å². The molecule has 116 valence electrons. The molecule has 7 heteroatoms. The van der Waals surface area contributed by atoms with Gasteiger partial charge in [-0.3, -0.25) is 4.68 Å². The molecule has 0 radical (unpaired) electrons. The first-order valence-electron chi connectivity index (χ1n) is 7.33. The zero-order valence-electron chi connectivity index (χ0n) is 12.7. The summed E-state index contributed by atoms with van der Waals surface area (Å²) in [7, 11) is 1.92. The van der Waals surface area contributed by atoms with E-state index < -0.39 is 5.97 Å². The van der Waals surface area contributed by atoms with Gasteiger partial charge < -0.3 is 10.0 Å². The number of carboxylic acid groups (broad SMARTS) is 1. The lowest BCUT2D eigenvalue weighted by Crippen LogP contribution is -2.23. The van der Waals surface area contributed by atoms with Gasteiger partial charge in [-0.15, -0.1) is 0 Å². The summed E-state index contributed by atoms with van der Waals surface area (Å²) >= 11 is 0. The van der Waals surface area contributed by atoms with Crippen LogP contribution in [0.1, 0.15) is 28.2 Å². The van der Waals surface area contributed by atoms with E-state index in [9.17, 15) is 4.79 Å². The van der Waals surface area contributed by atoms with Gasteiger partial charge in [-0.2, -0.15) is 5.10 Å². The Balaban J connectivity index is 1.67. The summed E-state index contributed by atoms with van der Waals surface area (Å²) in [6.07, 6.45) is 5.37. The molecule has 0 spiro atoms. The normalized spacial score (nSPS) is 17.9. The maximum Gasteiger partial charge on any atom is 0.339 e. The summed E-state index contributed by atoms with van der Waals surface area (Å²) in [6, 6.07) is 2.05. The lowest BCUT2D eigenvalue weighted by atomic mass is 10.0. The first-order valence-corrected chi connectivity index (χ1v) is 7.33. The van der Waals surface area contributed by atoms with E-state index in [-0.39, 0.29) is 5.56 Å². The fraction of sp³-hybridized carbons (Fsp3) is 0.467. The van der Waals surface area contributed by atoms with Crippen molar-refractivity contribution in [2.75, 3.05) is 18.0 Å². The highest BCUT2D eigenvalue weighted by Gasteiger charge is 2.25. The zero-order chi connectivity index (χ0) is 15.7. The Morgan fingerprint density at radius 3 is 2.95 bits per heavy atom. The van der Waals surface area contributed by atoms with Gasteiger partial charge in [0.25, 0.3) is 0 Å². The highest BCUT2D eigenvalue weighted by Crippen LogP contribution is 2.24. The van der Waals surface area contributed by atoms with Crippen molar-refractivity contribution in [1.82, 2.24) is 19.7 Å². The molecule has 1 N–H and O–H groups in total. The number of nitrogens with zero attached hydrogens (tertiary/aromatic N) is 5. The van der Waals surface area contributed by atoms with Crippen LogP contribution in [0.4, 0.5) is 5.95 Å². The standard InChI is InChI=1S/C15H19N5O2/c1-10-13(14(21)22)8-16-15(17-10)20-6-3-11(9-20)7-12-4-5-19(2)18-12/h4-5,8,11H,3,6-7,9H2,1-2H3,(H,21,22). The monoisotopic (exact) mass is 301 g/mol. The van der Waals surface area contributed by atoms with Gasteiger partial charge in [-0.05, 0) is 31.7 Å². The molecule has 1 unspecified atom stereocenters. The van der Waals surface area contributed by atoms with Crippen LogP contribution in [0.25, 0.3) is 0 Å². The molecule has 1 saturated heterocycles. The van der Waals surface area contributed by atoms with Gasteiger partial charge in [0.15, 0.2) is 0 Å². The number of rotatable bonds is 4. The summed E-state index contributed by atoms with van der Waals surface area (Å²) in [4.78, 5) is 21.7. The number of aromatic nitrogens is 4. The average Bonchev–Trinajstić information content (AvgIpc) is 3.08. The van der Waals surface area contributed by atoms with Crippen molar-refractivity contribution in [2.24, 2.45) is 13.0 Å². The molecule has 3 heterocycles. The van der Waals surface area contributed by atoms with Crippen LogP contribution in [0.2, 0.25) is 0 Å². The molecule has 0 saturated carbocycles. The number of aryl methyl sites for hydroxylation is 2. The summed E-state index contributed by atoms with van der Waals surface area (Å²) in [5.74, 6) is 0.155. The Hall–Kier alpha value is -2.44. The summed E-state index contributed by atoms with van der Waals surface area (Å²) in [6.45, 7) is 3.47. The van der Waals surface area contributed by atoms with E-state index >= 15 is 0 Å². The lowest BCUT2D eigenvalue weighted by Gasteiger charge is -2.16. The Morgan fingerprint density at radius 1 is 1.50 bits per heavy atom. The minimum Gasteiger partial charge on any atom is -0.478 e. The maximum atomic E-state index is 11.0. The molecule has 1 aliphatic heterocycles. The molecule has 0 aliphatic carbocycles. The van der Waals surface area contributed by atoms with Crippen LogP contribution in [0.15, 0.2) is 18.5 Å². The molecule has 2 aromatic rings. The molecule has 2 aromatic heterocycles. The predicted octanol–water partition coefficient (Wildman–Crippen LogP) is 1.29. The largest absolute Gasteiger partial charge is 0.478 e. The average molecular weight is 301 g/mol. The quantitative estimate of drug-likeness (QED) is 0.916. The van der Waals surface area contributed by atoms with Crippen LogP contribution in [0.3, 0.4) is 0 Å². The molecule has 0 amide bonds. The van der Waals surface area contributed by atoms with E-state index in [2.05, 4.69) is 20.0 Å². The van der Waals surface area contributed by atoms with Crippen molar-refractivity contribution in [2.45, 2.75) is 19.8 Å². The molecular formula is C15H19N5O2. The van der Waals surface area contributed by atoms with Crippen molar-refractivity contribution >= 4 is 11.9 Å². The van der Waals surface area contributed by atoms with Crippen LogP contribution in [0, 0.1) is 12.8 Å². The number of carbonyl (C=O) groups is 1. The van der Waals surface area contributed by atoms with Gasteiger partial charge in [-0.1, -0.05) is 0 Å². The van der Waals surface area contributed by atoms with Gasteiger partial charge in [0.2, 0.25) is 5.95 Å². The van der Waals surface area contributed by atoms with E-state index in [0.717, 1.165) is 31.6 Å². The van der Waals surface area contributed by atoms with Crippen molar-refractivity contribution in [3.63, 3.8) is 0 Å². The number of anilines is 1. The fourth-order valence-electron chi connectivity index (χ4n) is 2.87. The van der Waals surface area contributed by atoms with Crippen molar-refractivity contribution in [3.8, 4) is 0 Å². The molecule has 22 heavy (non-hydrogen) atoms. The molecular weight excluding hydrogens is 282 g/mol. The highest BCUT2D eigenvalue weighted by atomic mass is 16.4. The van der Waals surface area contributed by atoms with E-state index in [4.69, 9.17) is 5.11 Å². The van der Waals surface area contributed by atoms with E-state index in [1.807, 2.05) is 24.0 Å². The second-order valence-corrected chi connectivity index (χ2v) is 5.76. The van der Waals surface area contributed by atoms with Crippen LogP contribution in [-0.2, 0) is 13.5 Å². The highest BCUT2D eigenvalue weighted by molar-refractivity contribution is 5.88. The van der Waals surface area contributed by atoms with Crippen LogP contribution in [0.5, 0.6) is 0 Å². The molecule has 1 atom stereocenters. The molecule has 3 rings (SSSR count). The number of hydrogen-bond donors (Lipinski definition) is 1. The molecule has 0 aromatic carbocycles. The first kappa shape index (κ1) is 14.5. The van der Waals surface area contributed by atoms with Crippen molar-refractivity contribution in [1.29, 1.82) is 0 Å². The second kappa shape index (κ2) is 5.75. The van der Waals surface area contributed by atoms with Crippen molar-refractivity contribution in [3.05, 3.63) is 35.4 Å². The van der Waals surface area contributed by atoms with Crippen molar-refractivity contribution < 1.29 is 9.90 Å². The van der Waals surface area contributed by atoms with Gasteiger partial charge >= 0.3 is 5.97 Å². The van der Waals surface area contributed by atoms with Gasteiger partial charge in [-0.25, -0.2) is 14.8 Å². The zero-order valence-corrected chi connectivity index (χ0v) is 12.7. The predicted molar refractivity (Wildman–Crippen MR) is 81.0 cm³/mol. The Kier molecular flexibility index (Phi) is 3.79. The van der Waals surface area contributed by atoms with E-state index in [0.29, 0.717) is 17.6 Å². The van der Waals surface area contributed by atoms with Crippen LogP contribution in [-0.4, -0.2) is 43.9 Å². The molecule has 1 fully saturated rings. The molecule has 0 bridgehead atoms. The minimum atomic E-state index is -0.987. The first-order chi connectivity index (χ1) is 10.5. The second-order valence-electron chi connectivity index (χ2n) is 5.76. The Bertz CT molecular complexity index is 697. The third-order valence-electron chi connectivity index (χ3n) is 4.03. The third kappa shape index (κ3) is 2.93. The maximum absolute atomic E-state index is 11.0. The number of hydrogen-bond acceptors (Lipinski definition) is 5. The SMILES string of the molecule is Cc1nc(N2CCC(Cc3ccn(C)n3)C2)ncc1C(=O)O. The van der Waals surface area contributed by atoms with Gasteiger partial charge in [0.1, 0.15) is 0 Å². The minimum absolute atomic E-state index is 0.160. The topological polar surface area (TPSA) is 84.1 Å². The molecule has 1 aliphatic rings. The number of aromatic carboxylic acids is 1. The van der Waals surface area contributed by atoms with Gasteiger partial charge in [0, 0.05) is 32.5 Å². The summed E-state index contributed by atoms with van der Waals surface area (Å²) < 4.78 is 1.82. The molecule has 7 nitrogen and oxygen atoms in total. The fourth-order valence-corrected chi connectivity index (χ4v) is 2.87. The Labute approximate surface area is 128 Å². The summed E-state index contributed by atoms with van der Waals surface area (Å²) in [5.41, 5.74) is 1.77. The van der Waals surface area contributed by atoms with Crippen LogP contribution < -0.4 is 4.90 Å². The number of carboxylic acids is 1. The Morgan fingerprint density at radius 2 is 2.32 bits per heavy atom. The third-order valence-corrected chi connectivity index (χ3v) is 4.03. The van der Waals surface area contributed by atoms with E-state index in [1.54, 1.807) is 6.92 Å². The van der Waals surface area contributed by atoms with Gasteiger partial charge in [0.05, 0.1) is 17.0 Å².